The summed E-state index contributed by atoms with van der Waals surface area (Å²) in [4.78, 5) is 9.53. The van der Waals surface area contributed by atoms with E-state index in [4.69, 9.17) is 5.73 Å². The first-order chi connectivity index (χ1) is 8.86. The minimum Gasteiger partial charge on any atom is -0.355 e. The van der Waals surface area contributed by atoms with E-state index in [0.29, 0.717) is 6.54 Å². The van der Waals surface area contributed by atoms with Gasteiger partial charge in [0.05, 0.1) is 0 Å². The molecule has 2 aliphatic rings. The van der Waals surface area contributed by atoms with E-state index in [9.17, 15) is 0 Å². The van der Waals surface area contributed by atoms with Crippen molar-refractivity contribution in [3.8, 4) is 0 Å². The van der Waals surface area contributed by atoms with Crippen LogP contribution >= 0.6 is 0 Å². The van der Waals surface area contributed by atoms with Gasteiger partial charge in [0.2, 0.25) is 0 Å². The van der Waals surface area contributed by atoms with Crippen LogP contribution in [-0.2, 0) is 6.54 Å². The van der Waals surface area contributed by atoms with Crippen LogP contribution in [0.15, 0.2) is 18.3 Å². The van der Waals surface area contributed by atoms with E-state index < -0.39 is 0 Å². The van der Waals surface area contributed by atoms with E-state index in [-0.39, 0.29) is 0 Å². The van der Waals surface area contributed by atoms with E-state index in [1.807, 2.05) is 12.3 Å². The molecule has 1 unspecified atom stereocenters. The minimum atomic E-state index is 0.596. The van der Waals surface area contributed by atoms with E-state index in [0.717, 1.165) is 24.9 Å². The smallest absolute Gasteiger partial charge is 0.128 e. The lowest BCUT2D eigenvalue weighted by molar-refractivity contribution is 0.260. The maximum atomic E-state index is 5.69. The molecule has 1 aromatic heterocycles. The highest BCUT2D eigenvalue weighted by molar-refractivity contribution is 5.42. The second-order valence-electron chi connectivity index (χ2n) is 5.36. The Kier molecular flexibility index (Phi) is 3.48. The van der Waals surface area contributed by atoms with Gasteiger partial charge in [0.1, 0.15) is 5.82 Å². The molecule has 2 aliphatic heterocycles. The molecule has 3 rings (SSSR count). The molecule has 18 heavy (non-hydrogen) atoms. The summed E-state index contributed by atoms with van der Waals surface area (Å²) in [5.41, 5.74) is 6.86. The Balaban J connectivity index is 1.67. The molecule has 2 saturated heterocycles. The van der Waals surface area contributed by atoms with Crippen molar-refractivity contribution < 1.29 is 0 Å². The lowest BCUT2D eigenvalue weighted by Gasteiger charge is -2.24. The van der Waals surface area contributed by atoms with Crippen LogP contribution in [0.4, 0.5) is 5.82 Å². The standard InChI is InChI=1S/C14H22N4/c15-10-12-3-5-16-14(9-12)18-8-4-13(11-18)17-6-1-2-7-17/h3,5,9,13H,1-2,4,6-8,10-11,15H2. The van der Waals surface area contributed by atoms with Crippen molar-refractivity contribution in [1.29, 1.82) is 0 Å². The Morgan fingerprint density at radius 1 is 1.28 bits per heavy atom. The number of rotatable bonds is 3. The number of nitrogens with zero attached hydrogens (tertiary/aromatic N) is 3. The zero-order chi connectivity index (χ0) is 12.4. The Hall–Kier alpha value is -1.13. The Bertz CT molecular complexity index is 401. The van der Waals surface area contributed by atoms with Gasteiger partial charge in [-0.15, -0.1) is 0 Å². The van der Waals surface area contributed by atoms with Gasteiger partial charge >= 0.3 is 0 Å². The summed E-state index contributed by atoms with van der Waals surface area (Å²) < 4.78 is 0. The molecule has 0 saturated carbocycles. The Morgan fingerprint density at radius 3 is 2.89 bits per heavy atom. The predicted octanol–water partition coefficient (Wildman–Crippen LogP) is 1.21. The van der Waals surface area contributed by atoms with E-state index in [2.05, 4.69) is 20.9 Å². The van der Waals surface area contributed by atoms with Crippen molar-refractivity contribution >= 4 is 5.82 Å². The lowest BCUT2D eigenvalue weighted by Crippen LogP contribution is -2.35. The zero-order valence-corrected chi connectivity index (χ0v) is 10.9. The van der Waals surface area contributed by atoms with Gasteiger partial charge in [0.25, 0.3) is 0 Å². The van der Waals surface area contributed by atoms with E-state index in [1.54, 1.807) is 0 Å². The maximum Gasteiger partial charge on any atom is 0.128 e. The number of hydrogen-bond acceptors (Lipinski definition) is 4. The summed E-state index contributed by atoms with van der Waals surface area (Å²) in [6.45, 7) is 5.42. The zero-order valence-electron chi connectivity index (χ0n) is 10.9. The number of hydrogen-bond donors (Lipinski definition) is 1. The molecule has 2 fully saturated rings. The van der Waals surface area contributed by atoms with Crippen LogP contribution in [0.1, 0.15) is 24.8 Å². The normalized spacial score (nSPS) is 24.9. The van der Waals surface area contributed by atoms with Crippen molar-refractivity contribution in [2.75, 3.05) is 31.1 Å². The van der Waals surface area contributed by atoms with Crippen LogP contribution in [0.3, 0.4) is 0 Å². The molecular formula is C14H22N4. The summed E-state index contributed by atoms with van der Waals surface area (Å²) in [7, 11) is 0. The SMILES string of the molecule is NCc1ccnc(N2CCC(N3CCCC3)C2)c1. The molecule has 1 atom stereocenters. The Labute approximate surface area is 109 Å². The lowest BCUT2D eigenvalue weighted by atomic mass is 10.2. The first kappa shape index (κ1) is 11.9. The molecular weight excluding hydrogens is 224 g/mol. The number of aromatic nitrogens is 1. The molecule has 4 heteroatoms. The molecule has 2 N–H and O–H groups in total. The van der Waals surface area contributed by atoms with Gasteiger partial charge in [-0.05, 0) is 50.0 Å². The Morgan fingerprint density at radius 2 is 2.11 bits per heavy atom. The molecule has 0 aliphatic carbocycles. The van der Waals surface area contributed by atoms with Crippen LogP contribution in [-0.4, -0.2) is 42.1 Å². The van der Waals surface area contributed by atoms with Gasteiger partial charge in [-0.3, -0.25) is 4.90 Å². The van der Waals surface area contributed by atoms with Gasteiger partial charge in [0, 0.05) is 31.9 Å². The van der Waals surface area contributed by atoms with Crippen molar-refractivity contribution in [1.82, 2.24) is 9.88 Å². The number of likely N-dealkylation sites (tertiary alicyclic amines) is 1. The molecule has 1 aromatic rings. The van der Waals surface area contributed by atoms with Gasteiger partial charge in [-0.25, -0.2) is 4.98 Å². The highest BCUT2D eigenvalue weighted by atomic mass is 15.3. The fourth-order valence-electron chi connectivity index (χ4n) is 3.12. The summed E-state index contributed by atoms with van der Waals surface area (Å²) in [6.07, 6.45) is 5.89. The molecule has 0 spiro atoms. The average molecular weight is 246 g/mol. The topological polar surface area (TPSA) is 45.4 Å². The fraction of sp³-hybridized carbons (Fsp3) is 0.643. The summed E-state index contributed by atoms with van der Waals surface area (Å²) in [5.74, 6) is 1.10. The quantitative estimate of drug-likeness (QED) is 0.871. The number of anilines is 1. The number of nitrogens with two attached hydrogens (primary N) is 1. The third-order valence-corrected chi connectivity index (χ3v) is 4.19. The highest BCUT2D eigenvalue weighted by Gasteiger charge is 2.29. The van der Waals surface area contributed by atoms with Crippen LogP contribution in [0.2, 0.25) is 0 Å². The first-order valence-corrected chi connectivity index (χ1v) is 7.01. The monoisotopic (exact) mass is 246 g/mol. The predicted molar refractivity (Wildman–Crippen MR) is 73.6 cm³/mol. The highest BCUT2D eigenvalue weighted by Crippen LogP contribution is 2.24. The molecule has 4 nitrogen and oxygen atoms in total. The molecule has 0 radical (unpaired) electrons. The summed E-state index contributed by atoms with van der Waals surface area (Å²) >= 11 is 0. The summed E-state index contributed by atoms with van der Waals surface area (Å²) in [6, 6.07) is 4.86. The average Bonchev–Trinajstić information content (AvgIpc) is 3.09. The van der Waals surface area contributed by atoms with Gasteiger partial charge < -0.3 is 10.6 Å². The molecule has 98 valence electrons. The molecule has 3 heterocycles. The minimum absolute atomic E-state index is 0.596. The van der Waals surface area contributed by atoms with Gasteiger partial charge in [-0.1, -0.05) is 0 Å². The second-order valence-corrected chi connectivity index (χ2v) is 5.36. The largest absolute Gasteiger partial charge is 0.355 e. The second kappa shape index (κ2) is 5.24. The number of pyridine rings is 1. The summed E-state index contributed by atoms with van der Waals surface area (Å²) in [5, 5.41) is 0. The fourth-order valence-corrected chi connectivity index (χ4v) is 3.12. The molecule has 0 bridgehead atoms. The van der Waals surface area contributed by atoms with Crippen LogP contribution in [0, 0.1) is 0 Å². The van der Waals surface area contributed by atoms with Crippen molar-refractivity contribution in [2.24, 2.45) is 5.73 Å². The van der Waals surface area contributed by atoms with Gasteiger partial charge in [0.15, 0.2) is 0 Å². The van der Waals surface area contributed by atoms with E-state index in [1.165, 1.54) is 37.9 Å². The van der Waals surface area contributed by atoms with E-state index >= 15 is 0 Å². The van der Waals surface area contributed by atoms with Crippen LogP contribution in [0.25, 0.3) is 0 Å². The van der Waals surface area contributed by atoms with Crippen molar-refractivity contribution in [3.05, 3.63) is 23.9 Å². The maximum absolute atomic E-state index is 5.69. The first-order valence-electron chi connectivity index (χ1n) is 7.01. The van der Waals surface area contributed by atoms with Crippen LogP contribution in [0.5, 0.6) is 0 Å². The third kappa shape index (κ3) is 2.35. The van der Waals surface area contributed by atoms with Crippen LogP contribution < -0.4 is 10.6 Å². The van der Waals surface area contributed by atoms with Crippen molar-refractivity contribution in [2.45, 2.75) is 31.8 Å². The molecule has 0 amide bonds. The van der Waals surface area contributed by atoms with Gasteiger partial charge in [-0.2, -0.15) is 0 Å². The van der Waals surface area contributed by atoms with Crippen molar-refractivity contribution in [3.63, 3.8) is 0 Å². The molecule has 0 aromatic carbocycles. The third-order valence-electron chi connectivity index (χ3n) is 4.19.